The average molecular weight is 204 g/mol. The summed E-state index contributed by atoms with van der Waals surface area (Å²) in [6, 6.07) is 7.26. The number of hydrogen-bond acceptors (Lipinski definition) is 3. The molecule has 78 valence electrons. The Morgan fingerprint density at radius 1 is 1.27 bits per heavy atom. The molecule has 1 aliphatic rings. The summed E-state index contributed by atoms with van der Waals surface area (Å²) in [5, 5.41) is 0. The van der Waals surface area contributed by atoms with E-state index in [1.807, 2.05) is 12.1 Å². The Bertz CT molecular complexity index is 384. The first-order valence-electron chi connectivity index (χ1n) is 4.90. The van der Waals surface area contributed by atoms with Crippen LogP contribution in [0.2, 0.25) is 0 Å². The van der Waals surface area contributed by atoms with E-state index in [1.165, 1.54) is 7.11 Å². The first-order chi connectivity index (χ1) is 7.20. The molecule has 1 saturated carbocycles. The van der Waals surface area contributed by atoms with Crippen molar-refractivity contribution in [3.05, 3.63) is 35.4 Å². The van der Waals surface area contributed by atoms with Crippen LogP contribution in [0.25, 0.3) is 0 Å². The molecule has 1 aromatic carbocycles. The highest BCUT2D eigenvalue weighted by molar-refractivity contribution is 5.89. The van der Waals surface area contributed by atoms with Gasteiger partial charge in [0.1, 0.15) is 5.78 Å². The van der Waals surface area contributed by atoms with Crippen molar-refractivity contribution < 1.29 is 14.3 Å². The lowest BCUT2D eigenvalue weighted by molar-refractivity contribution is -0.124. The number of hydrogen-bond donors (Lipinski definition) is 0. The lowest BCUT2D eigenvalue weighted by Crippen LogP contribution is -2.21. The van der Waals surface area contributed by atoms with Gasteiger partial charge in [-0.05, 0) is 23.6 Å². The summed E-state index contributed by atoms with van der Waals surface area (Å²) in [6.45, 7) is 0. The molecule has 0 amide bonds. The van der Waals surface area contributed by atoms with Crippen molar-refractivity contribution in [1.29, 1.82) is 0 Å². The van der Waals surface area contributed by atoms with Crippen molar-refractivity contribution in [2.75, 3.05) is 7.11 Å². The zero-order chi connectivity index (χ0) is 10.8. The van der Waals surface area contributed by atoms with Crippen molar-refractivity contribution in [3.63, 3.8) is 0 Å². The molecule has 0 N–H and O–H groups in total. The van der Waals surface area contributed by atoms with Gasteiger partial charge in [-0.2, -0.15) is 0 Å². The van der Waals surface area contributed by atoms with Gasteiger partial charge in [0, 0.05) is 12.8 Å². The Balaban J connectivity index is 2.10. The second kappa shape index (κ2) is 3.85. The van der Waals surface area contributed by atoms with Crippen LogP contribution in [0.5, 0.6) is 0 Å². The highest BCUT2D eigenvalue weighted by atomic mass is 16.5. The first-order valence-corrected chi connectivity index (χ1v) is 4.90. The molecule has 3 heteroatoms. The smallest absolute Gasteiger partial charge is 0.337 e. The molecule has 0 spiro atoms. The SMILES string of the molecule is COC(=O)c1ccc(C2CC(=O)C2)cc1. The molecule has 1 aliphatic carbocycles. The Hall–Kier alpha value is -1.64. The van der Waals surface area contributed by atoms with E-state index in [2.05, 4.69) is 4.74 Å². The van der Waals surface area contributed by atoms with Crippen molar-refractivity contribution in [2.45, 2.75) is 18.8 Å². The van der Waals surface area contributed by atoms with Gasteiger partial charge in [0.2, 0.25) is 0 Å². The van der Waals surface area contributed by atoms with Gasteiger partial charge < -0.3 is 4.74 Å². The standard InChI is InChI=1S/C12H12O3/c1-15-12(14)9-4-2-8(3-5-9)10-6-11(13)7-10/h2-5,10H,6-7H2,1H3. The Morgan fingerprint density at radius 3 is 2.33 bits per heavy atom. The highest BCUT2D eigenvalue weighted by Gasteiger charge is 2.27. The quantitative estimate of drug-likeness (QED) is 0.691. The molecular weight excluding hydrogens is 192 g/mol. The third-order valence-corrected chi connectivity index (χ3v) is 2.75. The maximum atomic E-state index is 11.2. The van der Waals surface area contributed by atoms with Crippen LogP contribution in [-0.2, 0) is 9.53 Å². The minimum absolute atomic E-state index is 0.317. The minimum Gasteiger partial charge on any atom is -0.465 e. The van der Waals surface area contributed by atoms with Gasteiger partial charge in [-0.25, -0.2) is 4.79 Å². The van der Waals surface area contributed by atoms with Gasteiger partial charge in [-0.1, -0.05) is 12.1 Å². The van der Waals surface area contributed by atoms with E-state index in [-0.39, 0.29) is 5.97 Å². The number of benzene rings is 1. The molecular formula is C12H12O3. The summed E-state index contributed by atoms with van der Waals surface area (Å²) in [6.07, 6.45) is 1.27. The molecule has 0 radical (unpaired) electrons. The fourth-order valence-electron chi connectivity index (χ4n) is 1.73. The second-order valence-electron chi connectivity index (χ2n) is 3.76. The molecule has 2 rings (SSSR count). The van der Waals surface area contributed by atoms with E-state index in [4.69, 9.17) is 0 Å². The molecule has 1 fully saturated rings. The maximum absolute atomic E-state index is 11.2. The van der Waals surface area contributed by atoms with Crippen LogP contribution in [0.4, 0.5) is 0 Å². The number of methoxy groups -OCH3 is 1. The monoisotopic (exact) mass is 204 g/mol. The molecule has 0 atom stereocenters. The van der Waals surface area contributed by atoms with E-state index in [0.717, 1.165) is 5.56 Å². The third-order valence-electron chi connectivity index (χ3n) is 2.75. The van der Waals surface area contributed by atoms with Crippen molar-refractivity contribution >= 4 is 11.8 Å². The molecule has 0 heterocycles. The largest absolute Gasteiger partial charge is 0.465 e. The Morgan fingerprint density at radius 2 is 1.87 bits per heavy atom. The van der Waals surface area contributed by atoms with Crippen molar-refractivity contribution in [1.82, 2.24) is 0 Å². The zero-order valence-electron chi connectivity index (χ0n) is 8.53. The summed E-state index contributed by atoms with van der Waals surface area (Å²) >= 11 is 0. The number of rotatable bonds is 2. The highest BCUT2D eigenvalue weighted by Crippen LogP contribution is 2.33. The Kier molecular flexibility index (Phi) is 2.54. The second-order valence-corrected chi connectivity index (χ2v) is 3.76. The van der Waals surface area contributed by atoms with E-state index < -0.39 is 0 Å². The number of carbonyl (C=O) groups is 2. The normalized spacial score (nSPS) is 15.9. The van der Waals surface area contributed by atoms with E-state index in [9.17, 15) is 9.59 Å². The molecule has 3 nitrogen and oxygen atoms in total. The van der Waals surface area contributed by atoms with E-state index in [1.54, 1.807) is 12.1 Å². The van der Waals surface area contributed by atoms with Crippen LogP contribution in [0.3, 0.4) is 0 Å². The van der Waals surface area contributed by atoms with Crippen molar-refractivity contribution in [2.24, 2.45) is 0 Å². The lowest BCUT2D eigenvalue weighted by Gasteiger charge is -2.24. The number of ether oxygens (including phenoxy) is 1. The predicted octanol–water partition coefficient (Wildman–Crippen LogP) is 1.92. The number of carbonyl (C=O) groups excluding carboxylic acids is 2. The van der Waals surface area contributed by atoms with Crippen LogP contribution in [0.1, 0.15) is 34.7 Å². The topological polar surface area (TPSA) is 43.4 Å². The zero-order valence-corrected chi connectivity index (χ0v) is 8.53. The summed E-state index contributed by atoms with van der Waals surface area (Å²) in [5.74, 6) is 0.340. The molecule has 0 aromatic heterocycles. The summed E-state index contributed by atoms with van der Waals surface area (Å²) < 4.78 is 4.60. The van der Waals surface area contributed by atoms with Crippen LogP contribution in [-0.4, -0.2) is 18.9 Å². The number of ketones is 1. The van der Waals surface area contributed by atoms with Gasteiger partial charge in [0.05, 0.1) is 12.7 Å². The third kappa shape index (κ3) is 1.91. The fraction of sp³-hybridized carbons (Fsp3) is 0.333. The van der Waals surface area contributed by atoms with Gasteiger partial charge in [0.25, 0.3) is 0 Å². The predicted molar refractivity (Wildman–Crippen MR) is 54.8 cm³/mol. The van der Waals surface area contributed by atoms with Crippen LogP contribution in [0, 0.1) is 0 Å². The first kappa shape index (κ1) is 9.90. The van der Waals surface area contributed by atoms with Gasteiger partial charge in [0.15, 0.2) is 0 Å². The fourth-order valence-corrected chi connectivity index (χ4v) is 1.73. The summed E-state index contributed by atoms with van der Waals surface area (Å²) in [4.78, 5) is 22.0. The number of Topliss-reactive ketones (excluding diaryl/α,β-unsaturated/α-hetero) is 1. The number of esters is 1. The molecule has 0 bridgehead atoms. The molecule has 0 saturated heterocycles. The molecule has 1 aromatic rings. The van der Waals surface area contributed by atoms with Crippen LogP contribution in [0.15, 0.2) is 24.3 Å². The van der Waals surface area contributed by atoms with Gasteiger partial charge in [-0.3, -0.25) is 4.79 Å². The average Bonchev–Trinajstić information content (AvgIpc) is 2.24. The van der Waals surface area contributed by atoms with Crippen molar-refractivity contribution in [3.8, 4) is 0 Å². The Labute approximate surface area is 88.1 Å². The van der Waals surface area contributed by atoms with Crippen LogP contribution >= 0.6 is 0 Å². The van der Waals surface area contributed by atoms with E-state index in [0.29, 0.717) is 30.1 Å². The van der Waals surface area contributed by atoms with Gasteiger partial charge in [-0.15, -0.1) is 0 Å². The molecule has 0 unspecified atom stereocenters. The molecule has 0 aliphatic heterocycles. The summed E-state index contributed by atoms with van der Waals surface area (Å²) in [7, 11) is 1.36. The van der Waals surface area contributed by atoms with E-state index >= 15 is 0 Å². The lowest BCUT2D eigenvalue weighted by atomic mass is 9.79. The van der Waals surface area contributed by atoms with Gasteiger partial charge >= 0.3 is 5.97 Å². The molecule has 15 heavy (non-hydrogen) atoms. The summed E-state index contributed by atoms with van der Waals surface area (Å²) in [5.41, 5.74) is 1.68. The maximum Gasteiger partial charge on any atom is 0.337 e. The minimum atomic E-state index is -0.328. The van der Waals surface area contributed by atoms with Crippen LogP contribution < -0.4 is 0 Å².